The Morgan fingerprint density at radius 1 is 1.43 bits per heavy atom. The normalized spacial score (nSPS) is 23.8. The van der Waals surface area contributed by atoms with Gasteiger partial charge in [-0.15, -0.1) is 0 Å². The van der Waals surface area contributed by atoms with Crippen LogP contribution in [0.5, 0.6) is 0 Å². The van der Waals surface area contributed by atoms with Crippen LogP contribution in [-0.2, 0) is 11.2 Å². The average Bonchev–Trinajstić information content (AvgIpc) is 3.27. The fraction of sp³-hybridized carbons (Fsp3) is 0.435. The van der Waals surface area contributed by atoms with Crippen LogP contribution in [-0.4, -0.2) is 39.2 Å². The van der Waals surface area contributed by atoms with E-state index in [9.17, 15) is 9.18 Å². The summed E-state index contributed by atoms with van der Waals surface area (Å²) in [7, 11) is 0. The zero-order valence-electron chi connectivity index (χ0n) is 16.2. The third-order valence-electron chi connectivity index (χ3n) is 6.06. The summed E-state index contributed by atoms with van der Waals surface area (Å²) in [5.74, 6) is -0.940. The monoisotopic (exact) mass is 382 g/mol. The maximum atomic E-state index is 14.7. The second-order valence-corrected chi connectivity index (χ2v) is 8.28. The highest BCUT2D eigenvalue weighted by molar-refractivity contribution is 5.85. The fourth-order valence-electron chi connectivity index (χ4n) is 4.40. The Bertz CT molecular complexity index is 941. The molecule has 2 N–H and O–H groups in total. The summed E-state index contributed by atoms with van der Waals surface area (Å²) in [6, 6.07) is 8.44. The van der Waals surface area contributed by atoms with Gasteiger partial charge in [0.05, 0.1) is 6.04 Å². The highest BCUT2D eigenvalue weighted by Gasteiger charge is 2.48. The molecule has 28 heavy (non-hydrogen) atoms. The van der Waals surface area contributed by atoms with Crippen molar-refractivity contribution in [2.24, 2.45) is 0 Å². The van der Waals surface area contributed by atoms with Crippen molar-refractivity contribution < 1.29 is 14.3 Å². The Hall–Kier alpha value is -2.40. The zero-order chi connectivity index (χ0) is 19.9. The molecule has 2 unspecified atom stereocenters. The van der Waals surface area contributed by atoms with E-state index in [1.165, 1.54) is 17.0 Å². The van der Waals surface area contributed by atoms with Crippen LogP contribution < -0.4 is 0 Å². The summed E-state index contributed by atoms with van der Waals surface area (Å²) in [4.78, 5) is 16.5. The molecule has 0 spiro atoms. The Morgan fingerprint density at radius 3 is 2.89 bits per heavy atom. The first-order valence-corrected chi connectivity index (χ1v) is 9.99. The summed E-state index contributed by atoms with van der Waals surface area (Å²) in [6.45, 7) is 6.93. The van der Waals surface area contributed by atoms with E-state index in [2.05, 4.69) is 41.6 Å². The van der Waals surface area contributed by atoms with Gasteiger partial charge in [-0.05, 0) is 50.7 Å². The molecule has 148 valence electrons. The Labute approximate surface area is 164 Å². The number of hydrogen-bond donors (Lipinski definition) is 2. The van der Waals surface area contributed by atoms with Gasteiger partial charge in [-0.3, -0.25) is 4.90 Å². The molecule has 2 heterocycles. The van der Waals surface area contributed by atoms with Crippen LogP contribution in [0.15, 0.2) is 48.6 Å². The van der Waals surface area contributed by atoms with E-state index >= 15 is 0 Å². The lowest BCUT2D eigenvalue weighted by Crippen LogP contribution is -2.46. The molecule has 1 fully saturated rings. The van der Waals surface area contributed by atoms with Gasteiger partial charge in [-0.2, -0.15) is 0 Å². The molecule has 2 atom stereocenters. The van der Waals surface area contributed by atoms with E-state index in [0.717, 1.165) is 23.2 Å². The molecule has 0 saturated heterocycles. The van der Waals surface area contributed by atoms with Gasteiger partial charge >= 0.3 is 5.97 Å². The largest absolute Gasteiger partial charge is 0.478 e. The quantitative estimate of drug-likeness (QED) is 0.527. The molecule has 0 amide bonds. The van der Waals surface area contributed by atoms with Crippen molar-refractivity contribution in [2.75, 3.05) is 6.54 Å². The molecule has 0 radical (unpaired) electrons. The molecule has 1 aliphatic carbocycles. The second-order valence-electron chi connectivity index (χ2n) is 8.28. The number of halogens is 1. The van der Waals surface area contributed by atoms with E-state index in [-0.39, 0.29) is 12.1 Å². The first kappa shape index (κ1) is 18.9. The van der Waals surface area contributed by atoms with Crippen LogP contribution in [0.1, 0.15) is 49.9 Å². The smallest absolute Gasteiger partial charge is 0.327 e. The molecular weight excluding hydrogens is 355 g/mol. The Balaban J connectivity index is 1.67. The van der Waals surface area contributed by atoms with Gasteiger partial charge in [0, 0.05) is 35.3 Å². The number of nitrogens with one attached hydrogen (secondary N) is 1. The standard InChI is InChI=1S/C23H27FN2O2/c1-15(7-3-6-10-20(27)28)22-21-18(17-8-4-5-9-19(17)25-21)13-16(2)26(22)14-23(24)11-12-23/h4-6,8-10,16,22,25H,1,3,7,11-14H2,2H3,(H,27,28)/b10-6+. The number of carbonyl (C=O) groups is 1. The number of benzene rings is 1. The maximum absolute atomic E-state index is 14.7. The summed E-state index contributed by atoms with van der Waals surface area (Å²) in [6.07, 6.45) is 6.27. The summed E-state index contributed by atoms with van der Waals surface area (Å²) in [5, 5.41) is 10.0. The number of alkyl halides is 1. The van der Waals surface area contributed by atoms with Gasteiger partial charge in [-0.25, -0.2) is 9.18 Å². The van der Waals surface area contributed by atoms with Crippen molar-refractivity contribution in [3.05, 3.63) is 59.8 Å². The number of carboxylic acids is 1. The van der Waals surface area contributed by atoms with E-state index < -0.39 is 11.6 Å². The first-order valence-electron chi connectivity index (χ1n) is 9.99. The number of carboxylic acid groups (broad SMARTS) is 1. The van der Waals surface area contributed by atoms with E-state index in [4.69, 9.17) is 5.11 Å². The first-order chi connectivity index (χ1) is 13.4. The minimum absolute atomic E-state index is 0.0717. The molecule has 0 bridgehead atoms. The molecule has 1 aliphatic heterocycles. The summed E-state index contributed by atoms with van der Waals surface area (Å²) in [5.41, 5.74) is 3.45. The van der Waals surface area contributed by atoms with Crippen LogP contribution in [0.3, 0.4) is 0 Å². The third-order valence-corrected chi connectivity index (χ3v) is 6.06. The molecular formula is C23H27FN2O2. The van der Waals surface area contributed by atoms with Crippen LogP contribution in [0.4, 0.5) is 4.39 Å². The SMILES string of the molecule is C=C(CC/C=C/C(=O)O)C1c2[nH]c3ccccc3c2CC(C)N1CC1(F)CC1. The van der Waals surface area contributed by atoms with Gasteiger partial charge in [0.25, 0.3) is 0 Å². The van der Waals surface area contributed by atoms with E-state index in [1.54, 1.807) is 6.08 Å². The molecule has 5 heteroatoms. The Morgan fingerprint density at radius 2 is 2.18 bits per heavy atom. The highest BCUT2D eigenvalue weighted by atomic mass is 19.1. The van der Waals surface area contributed by atoms with Crippen molar-refractivity contribution in [1.82, 2.24) is 9.88 Å². The molecule has 1 saturated carbocycles. The predicted octanol–water partition coefficient (Wildman–Crippen LogP) is 4.93. The van der Waals surface area contributed by atoms with Crippen molar-refractivity contribution >= 4 is 16.9 Å². The van der Waals surface area contributed by atoms with Crippen LogP contribution in [0, 0.1) is 0 Å². The van der Waals surface area contributed by atoms with E-state index in [1.807, 2.05) is 6.07 Å². The number of rotatable bonds is 7. The summed E-state index contributed by atoms with van der Waals surface area (Å²) >= 11 is 0. The molecule has 2 aliphatic rings. The number of aromatic nitrogens is 1. The van der Waals surface area contributed by atoms with Crippen molar-refractivity contribution in [3.63, 3.8) is 0 Å². The zero-order valence-corrected chi connectivity index (χ0v) is 16.2. The molecule has 4 rings (SSSR count). The number of aliphatic carboxylic acids is 1. The van der Waals surface area contributed by atoms with Crippen molar-refractivity contribution in [2.45, 2.75) is 56.8 Å². The Kier molecular flexibility index (Phi) is 4.88. The minimum atomic E-state index is -1.07. The number of aromatic amines is 1. The molecule has 1 aromatic carbocycles. The van der Waals surface area contributed by atoms with Crippen molar-refractivity contribution in [3.8, 4) is 0 Å². The van der Waals surface area contributed by atoms with Gasteiger partial charge < -0.3 is 10.1 Å². The number of para-hydroxylation sites is 1. The number of fused-ring (bicyclic) bond motifs is 3. The van der Waals surface area contributed by atoms with Gasteiger partial charge in [0.1, 0.15) is 5.67 Å². The van der Waals surface area contributed by atoms with Crippen LogP contribution in [0.2, 0.25) is 0 Å². The topological polar surface area (TPSA) is 56.3 Å². The van der Waals surface area contributed by atoms with Crippen LogP contribution >= 0.6 is 0 Å². The number of nitrogens with zero attached hydrogens (tertiary/aromatic N) is 1. The lowest BCUT2D eigenvalue weighted by molar-refractivity contribution is -0.131. The minimum Gasteiger partial charge on any atom is -0.478 e. The number of H-pyrrole nitrogens is 1. The highest BCUT2D eigenvalue weighted by Crippen LogP contribution is 2.47. The maximum Gasteiger partial charge on any atom is 0.327 e. The number of allylic oxidation sites excluding steroid dienone is 1. The third kappa shape index (κ3) is 3.63. The molecule has 4 nitrogen and oxygen atoms in total. The second kappa shape index (κ2) is 7.21. The fourth-order valence-corrected chi connectivity index (χ4v) is 4.40. The predicted molar refractivity (Wildman–Crippen MR) is 109 cm³/mol. The van der Waals surface area contributed by atoms with Crippen molar-refractivity contribution in [1.29, 1.82) is 0 Å². The van der Waals surface area contributed by atoms with Crippen LogP contribution in [0.25, 0.3) is 10.9 Å². The lowest BCUT2D eigenvalue weighted by atomic mass is 9.87. The number of hydrogen-bond acceptors (Lipinski definition) is 2. The lowest BCUT2D eigenvalue weighted by Gasteiger charge is -2.42. The average molecular weight is 382 g/mol. The molecule has 1 aromatic heterocycles. The van der Waals surface area contributed by atoms with Gasteiger partial charge in [0.15, 0.2) is 0 Å². The molecule has 2 aromatic rings. The van der Waals surface area contributed by atoms with Gasteiger partial charge in [0.2, 0.25) is 0 Å². The van der Waals surface area contributed by atoms with E-state index in [0.29, 0.717) is 32.2 Å². The van der Waals surface area contributed by atoms with Gasteiger partial charge in [-0.1, -0.05) is 36.4 Å². The summed E-state index contributed by atoms with van der Waals surface area (Å²) < 4.78 is 14.7.